The fraction of sp³-hybridized carbons (Fsp3) is 1.00. The molecule has 2 fully saturated rings. The number of hydrogen-bond acceptors (Lipinski definition) is 3. The molecule has 0 aromatic rings. The molecule has 0 bridgehead atoms. The van der Waals surface area contributed by atoms with Gasteiger partial charge in [-0.15, -0.1) is 0 Å². The van der Waals surface area contributed by atoms with Gasteiger partial charge >= 0.3 is 0 Å². The molecule has 0 aromatic carbocycles. The molecule has 4 atom stereocenters. The van der Waals surface area contributed by atoms with Gasteiger partial charge in [0.25, 0.3) is 0 Å². The summed E-state index contributed by atoms with van der Waals surface area (Å²) in [6.45, 7) is 10.3. The largest absolute Gasteiger partial charge is 0.393 e. The Balaban J connectivity index is 1.86. The van der Waals surface area contributed by atoms with E-state index in [0.29, 0.717) is 18.0 Å². The van der Waals surface area contributed by atoms with E-state index in [0.717, 1.165) is 18.8 Å². The Morgan fingerprint density at radius 2 is 1.90 bits per heavy atom. The van der Waals surface area contributed by atoms with Crippen LogP contribution < -0.4 is 5.32 Å². The summed E-state index contributed by atoms with van der Waals surface area (Å²) in [4.78, 5) is 2.64. The van der Waals surface area contributed by atoms with Gasteiger partial charge in [-0.25, -0.2) is 0 Å². The summed E-state index contributed by atoms with van der Waals surface area (Å²) in [5.74, 6) is 1.61. The monoisotopic (exact) mass is 282 g/mol. The number of rotatable bonds is 8. The third-order valence-electron chi connectivity index (χ3n) is 5.25. The molecule has 3 nitrogen and oxygen atoms in total. The Morgan fingerprint density at radius 1 is 1.15 bits per heavy atom. The molecular weight excluding hydrogens is 248 g/mol. The van der Waals surface area contributed by atoms with Crippen molar-refractivity contribution in [3.63, 3.8) is 0 Å². The summed E-state index contributed by atoms with van der Waals surface area (Å²) in [6, 6.07) is 1.30. The molecule has 20 heavy (non-hydrogen) atoms. The molecule has 1 heterocycles. The van der Waals surface area contributed by atoms with Gasteiger partial charge in [0, 0.05) is 25.2 Å². The summed E-state index contributed by atoms with van der Waals surface area (Å²) in [6.07, 6.45) is 7.07. The maximum Gasteiger partial charge on any atom is 0.0540 e. The molecule has 1 saturated carbocycles. The van der Waals surface area contributed by atoms with Gasteiger partial charge in [-0.05, 0) is 63.8 Å². The van der Waals surface area contributed by atoms with Crippen LogP contribution in [0.25, 0.3) is 0 Å². The Morgan fingerprint density at radius 3 is 2.50 bits per heavy atom. The van der Waals surface area contributed by atoms with Crippen LogP contribution in [0.1, 0.15) is 59.3 Å². The van der Waals surface area contributed by atoms with Gasteiger partial charge in [0.15, 0.2) is 0 Å². The maximum atomic E-state index is 9.97. The second-order valence-corrected chi connectivity index (χ2v) is 7.16. The molecule has 2 N–H and O–H groups in total. The normalized spacial score (nSPS) is 31.2. The van der Waals surface area contributed by atoms with Crippen LogP contribution in [0, 0.1) is 11.8 Å². The summed E-state index contributed by atoms with van der Waals surface area (Å²) < 4.78 is 0. The Bertz CT molecular complexity index is 280. The number of nitrogens with one attached hydrogen (secondary N) is 1. The second-order valence-electron chi connectivity index (χ2n) is 7.16. The fourth-order valence-electron chi connectivity index (χ4n) is 3.38. The lowest BCUT2D eigenvalue weighted by atomic mass is 9.88. The zero-order valence-electron chi connectivity index (χ0n) is 13.6. The molecule has 118 valence electrons. The van der Waals surface area contributed by atoms with Crippen LogP contribution in [0.3, 0.4) is 0 Å². The van der Waals surface area contributed by atoms with E-state index in [1.807, 2.05) is 0 Å². The van der Waals surface area contributed by atoms with Crippen LogP contribution >= 0.6 is 0 Å². The molecule has 4 unspecified atom stereocenters. The van der Waals surface area contributed by atoms with E-state index in [1.54, 1.807) is 0 Å². The number of hydrogen-bond donors (Lipinski definition) is 2. The van der Waals surface area contributed by atoms with Gasteiger partial charge in [-0.1, -0.05) is 13.8 Å². The first-order chi connectivity index (χ1) is 9.62. The first-order valence-corrected chi connectivity index (χ1v) is 8.77. The zero-order valence-corrected chi connectivity index (χ0v) is 13.6. The molecule has 0 aromatic heterocycles. The van der Waals surface area contributed by atoms with E-state index < -0.39 is 0 Å². The third kappa shape index (κ3) is 5.01. The van der Waals surface area contributed by atoms with Crippen LogP contribution in [0.4, 0.5) is 0 Å². The average molecular weight is 282 g/mol. The van der Waals surface area contributed by atoms with Crippen LogP contribution in [-0.2, 0) is 0 Å². The van der Waals surface area contributed by atoms with Crippen LogP contribution in [0.5, 0.6) is 0 Å². The molecule has 0 amide bonds. The van der Waals surface area contributed by atoms with E-state index in [1.165, 1.54) is 45.3 Å². The first-order valence-electron chi connectivity index (χ1n) is 8.77. The van der Waals surface area contributed by atoms with Crippen molar-refractivity contribution < 1.29 is 5.11 Å². The number of likely N-dealkylation sites (tertiary alicyclic amines) is 1. The van der Waals surface area contributed by atoms with Crippen molar-refractivity contribution in [3.05, 3.63) is 0 Å². The van der Waals surface area contributed by atoms with Crippen molar-refractivity contribution in [2.45, 2.75) is 77.5 Å². The molecule has 2 aliphatic rings. The predicted molar refractivity (Wildman–Crippen MR) is 84.9 cm³/mol. The molecule has 1 saturated heterocycles. The van der Waals surface area contributed by atoms with Gasteiger partial charge in [0.2, 0.25) is 0 Å². The number of aliphatic hydroxyl groups is 1. The van der Waals surface area contributed by atoms with Crippen molar-refractivity contribution in [3.8, 4) is 0 Å². The first kappa shape index (κ1) is 16.3. The summed E-state index contributed by atoms with van der Waals surface area (Å²) >= 11 is 0. The summed E-state index contributed by atoms with van der Waals surface area (Å²) in [7, 11) is 0. The van der Waals surface area contributed by atoms with Crippen LogP contribution in [0.2, 0.25) is 0 Å². The molecule has 0 radical (unpaired) electrons. The van der Waals surface area contributed by atoms with Crippen molar-refractivity contribution in [1.82, 2.24) is 10.2 Å². The van der Waals surface area contributed by atoms with Gasteiger partial charge in [-0.3, -0.25) is 4.90 Å². The standard InChI is InChI=1S/C17H34N2O/c1-4-13(3)19-11-15(9-17(20)5-2)8-16(12-19)18-10-14-6-7-14/h13-18,20H,4-12H2,1-3H3. The second kappa shape index (κ2) is 7.77. The zero-order chi connectivity index (χ0) is 14.5. The van der Waals surface area contributed by atoms with Gasteiger partial charge < -0.3 is 10.4 Å². The maximum absolute atomic E-state index is 9.97. The highest BCUT2D eigenvalue weighted by Gasteiger charge is 2.31. The average Bonchev–Trinajstić information content (AvgIpc) is 3.28. The van der Waals surface area contributed by atoms with Gasteiger partial charge in [0.05, 0.1) is 6.10 Å². The molecule has 1 aliphatic carbocycles. The summed E-state index contributed by atoms with van der Waals surface area (Å²) in [5.41, 5.74) is 0. The smallest absolute Gasteiger partial charge is 0.0540 e. The van der Waals surface area contributed by atoms with Crippen LogP contribution in [-0.4, -0.2) is 47.8 Å². The molecule has 2 rings (SSSR count). The lowest BCUT2D eigenvalue weighted by Gasteiger charge is -2.41. The Kier molecular flexibility index (Phi) is 6.31. The topological polar surface area (TPSA) is 35.5 Å². The van der Waals surface area contributed by atoms with E-state index in [-0.39, 0.29) is 6.10 Å². The van der Waals surface area contributed by atoms with E-state index >= 15 is 0 Å². The van der Waals surface area contributed by atoms with Crippen molar-refractivity contribution >= 4 is 0 Å². The molecule has 1 aliphatic heterocycles. The summed E-state index contributed by atoms with van der Waals surface area (Å²) in [5, 5.41) is 13.8. The van der Waals surface area contributed by atoms with Gasteiger partial charge in [-0.2, -0.15) is 0 Å². The highest BCUT2D eigenvalue weighted by atomic mass is 16.3. The number of piperidine rings is 1. The quantitative estimate of drug-likeness (QED) is 0.718. The molecule has 3 heteroatoms. The minimum atomic E-state index is -0.110. The highest BCUT2D eigenvalue weighted by molar-refractivity contribution is 4.88. The lowest BCUT2D eigenvalue weighted by Crippen LogP contribution is -2.52. The third-order valence-corrected chi connectivity index (χ3v) is 5.25. The predicted octanol–water partition coefficient (Wildman–Crippen LogP) is 2.64. The SMILES string of the molecule is CCC(O)CC1CC(NCC2CC2)CN(C(C)CC)C1. The van der Waals surface area contributed by atoms with Crippen molar-refractivity contribution in [2.75, 3.05) is 19.6 Å². The minimum Gasteiger partial charge on any atom is -0.393 e. The minimum absolute atomic E-state index is 0.110. The Hall–Kier alpha value is -0.120. The number of aliphatic hydroxyl groups excluding tert-OH is 1. The van der Waals surface area contributed by atoms with Gasteiger partial charge in [0.1, 0.15) is 0 Å². The van der Waals surface area contributed by atoms with Crippen molar-refractivity contribution in [2.24, 2.45) is 11.8 Å². The number of nitrogens with zero attached hydrogens (tertiary/aromatic N) is 1. The molecule has 0 spiro atoms. The van der Waals surface area contributed by atoms with Crippen LogP contribution in [0.15, 0.2) is 0 Å². The van der Waals surface area contributed by atoms with Crippen molar-refractivity contribution in [1.29, 1.82) is 0 Å². The lowest BCUT2D eigenvalue weighted by molar-refractivity contribution is 0.0644. The van der Waals surface area contributed by atoms with E-state index in [4.69, 9.17) is 0 Å². The fourth-order valence-corrected chi connectivity index (χ4v) is 3.38. The van der Waals surface area contributed by atoms with E-state index in [9.17, 15) is 5.11 Å². The highest BCUT2D eigenvalue weighted by Crippen LogP contribution is 2.29. The molecular formula is C17H34N2O. The van der Waals surface area contributed by atoms with E-state index in [2.05, 4.69) is 31.0 Å². The Labute approximate surface area is 125 Å².